The molecule has 3 aromatic carbocycles. The van der Waals surface area contributed by atoms with Gasteiger partial charge in [-0.2, -0.15) is 0 Å². The Hall–Kier alpha value is -3.18. The Morgan fingerprint density at radius 1 is 1.00 bits per heavy atom. The Kier molecular flexibility index (Phi) is 4.78. The average molecular weight is 436 g/mol. The third-order valence-corrected chi connectivity index (χ3v) is 6.29. The molecule has 0 radical (unpaired) electrons. The zero-order chi connectivity index (χ0) is 21.6. The number of nitrogens with one attached hydrogen (secondary N) is 1. The summed E-state index contributed by atoms with van der Waals surface area (Å²) in [6.07, 6.45) is 1.61. The summed E-state index contributed by atoms with van der Waals surface area (Å²) in [5.74, 6) is 2.13. The van der Waals surface area contributed by atoms with Gasteiger partial charge < -0.3 is 19.5 Å². The zero-order valence-electron chi connectivity index (χ0n) is 17.3. The van der Waals surface area contributed by atoms with Crippen molar-refractivity contribution < 1.29 is 19.0 Å². The summed E-state index contributed by atoms with van der Waals surface area (Å²) in [6, 6.07) is 17.2. The van der Waals surface area contributed by atoms with Gasteiger partial charge in [0, 0.05) is 16.3 Å². The fourth-order valence-corrected chi connectivity index (χ4v) is 4.27. The van der Waals surface area contributed by atoms with Crippen LogP contribution in [0.25, 0.3) is 11.1 Å². The summed E-state index contributed by atoms with van der Waals surface area (Å²) in [4.78, 5) is 13.3. The number of hydrogen-bond donors (Lipinski definition) is 1. The molecule has 1 fully saturated rings. The summed E-state index contributed by atoms with van der Waals surface area (Å²) < 4.78 is 16.4. The number of carbonyl (C=O) groups excluding carboxylic acids is 1. The molecule has 5 nitrogen and oxygen atoms in total. The van der Waals surface area contributed by atoms with E-state index in [1.807, 2.05) is 55.5 Å². The molecule has 158 valence electrons. The Morgan fingerprint density at radius 2 is 1.81 bits per heavy atom. The number of ether oxygens (including phenoxy) is 3. The van der Waals surface area contributed by atoms with Crippen LogP contribution in [0.1, 0.15) is 24.0 Å². The fourth-order valence-electron chi connectivity index (χ4n) is 4.10. The fraction of sp³-hybridized carbons (Fsp3) is 0.240. The van der Waals surface area contributed by atoms with Crippen molar-refractivity contribution in [1.29, 1.82) is 0 Å². The van der Waals surface area contributed by atoms with Gasteiger partial charge in [0.2, 0.25) is 12.7 Å². The number of rotatable bonds is 5. The van der Waals surface area contributed by atoms with E-state index in [1.54, 1.807) is 13.2 Å². The summed E-state index contributed by atoms with van der Waals surface area (Å²) in [5.41, 5.74) is 4.08. The molecule has 1 N–H and O–H groups in total. The molecule has 0 unspecified atom stereocenters. The molecule has 1 aliphatic carbocycles. The molecule has 31 heavy (non-hydrogen) atoms. The molecule has 1 saturated carbocycles. The molecular weight excluding hydrogens is 414 g/mol. The van der Waals surface area contributed by atoms with E-state index in [2.05, 4.69) is 5.32 Å². The normalized spacial score (nSPS) is 15.5. The first kappa shape index (κ1) is 19.8. The maximum absolute atomic E-state index is 13.3. The van der Waals surface area contributed by atoms with E-state index in [0.29, 0.717) is 10.8 Å². The van der Waals surface area contributed by atoms with Crippen LogP contribution in [0.4, 0.5) is 5.69 Å². The van der Waals surface area contributed by atoms with E-state index in [0.717, 1.165) is 52.3 Å². The standard InChI is InChI=1S/C25H22ClNO4/c1-15-3-6-18(13-19(15)20-12-17(26)5-8-21(20)29-2)27-24(28)25(9-10-25)16-4-7-22-23(11-16)31-14-30-22/h3-8,11-13H,9-10,14H2,1-2H3,(H,27,28). The van der Waals surface area contributed by atoms with Gasteiger partial charge in [0.05, 0.1) is 12.5 Å². The first-order valence-corrected chi connectivity index (χ1v) is 10.5. The quantitative estimate of drug-likeness (QED) is 0.556. The van der Waals surface area contributed by atoms with Crippen LogP contribution in [0.5, 0.6) is 17.2 Å². The Bertz CT molecular complexity index is 1190. The van der Waals surface area contributed by atoms with E-state index in [1.165, 1.54) is 0 Å². The molecule has 0 spiro atoms. The number of halogens is 1. The SMILES string of the molecule is COc1ccc(Cl)cc1-c1cc(NC(=O)C2(c3ccc4c(c3)OCO4)CC2)ccc1C. The number of anilines is 1. The number of methoxy groups -OCH3 is 1. The van der Waals surface area contributed by atoms with Gasteiger partial charge in [0.25, 0.3) is 0 Å². The average Bonchev–Trinajstić information content (AvgIpc) is 3.46. The van der Waals surface area contributed by atoms with Gasteiger partial charge in [-0.15, -0.1) is 0 Å². The van der Waals surface area contributed by atoms with Gasteiger partial charge in [0.15, 0.2) is 11.5 Å². The van der Waals surface area contributed by atoms with Crippen LogP contribution >= 0.6 is 11.6 Å². The van der Waals surface area contributed by atoms with Crippen LogP contribution in [-0.4, -0.2) is 19.8 Å². The minimum Gasteiger partial charge on any atom is -0.496 e. The largest absolute Gasteiger partial charge is 0.496 e. The Balaban J connectivity index is 1.44. The van der Waals surface area contributed by atoms with Crippen molar-refractivity contribution in [2.24, 2.45) is 0 Å². The molecule has 2 aliphatic rings. The lowest BCUT2D eigenvalue weighted by Gasteiger charge is -2.18. The van der Waals surface area contributed by atoms with E-state index < -0.39 is 5.41 Å². The molecule has 0 atom stereocenters. The van der Waals surface area contributed by atoms with Crippen LogP contribution in [0.15, 0.2) is 54.6 Å². The zero-order valence-corrected chi connectivity index (χ0v) is 18.1. The molecule has 1 aliphatic heterocycles. The number of amides is 1. The second kappa shape index (κ2) is 7.50. The van der Waals surface area contributed by atoms with Crippen LogP contribution < -0.4 is 19.5 Å². The maximum atomic E-state index is 13.3. The molecule has 5 rings (SSSR count). The number of hydrogen-bond acceptors (Lipinski definition) is 4. The maximum Gasteiger partial charge on any atom is 0.235 e. The molecule has 0 aromatic heterocycles. The highest BCUT2D eigenvalue weighted by molar-refractivity contribution is 6.31. The van der Waals surface area contributed by atoms with Crippen LogP contribution in [0.2, 0.25) is 5.02 Å². The van der Waals surface area contributed by atoms with Crippen LogP contribution in [0.3, 0.4) is 0 Å². The third-order valence-electron chi connectivity index (χ3n) is 6.06. The molecule has 0 saturated heterocycles. The van der Waals surface area contributed by atoms with E-state index in [-0.39, 0.29) is 12.7 Å². The van der Waals surface area contributed by atoms with Crippen LogP contribution in [-0.2, 0) is 10.2 Å². The summed E-state index contributed by atoms with van der Waals surface area (Å²) in [5, 5.41) is 3.74. The first-order valence-electron chi connectivity index (χ1n) is 10.2. The van der Waals surface area contributed by atoms with Crippen molar-refractivity contribution in [3.05, 3.63) is 70.7 Å². The summed E-state index contributed by atoms with van der Waals surface area (Å²) in [6.45, 7) is 2.24. The van der Waals surface area contributed by atoms with Crippen molar-refractivity contribution in [2.75, 3.05) is 19.2 Å². The number of benzene rings is 3. The minimum atomic E-state index is -0.528. The van der Waals surface area contributed by atoms with Gasteiger partial charge >= 0.3 is 0 Å². The van der Waals surface area contributed by atoms with Gasteiger partial charge in [-0.3, -0.25) is 4.79 Å². The van der Waals surface area contributed by atoms with Crippen molar-refractivity contribution in [3.8, 4) is 28.4 Å². The molecule has 6 heteroatoms. The van der Waals surface area contributed by atoms with Crippen LogP contribution in [0, 0.1) is 6.92 Å². The van der Waals surface area contributed by atoms with Gasteiger partial charge in [-0.05, 0) is 78.9 Å². The monoisotopic (exact) mass is 435 g/mol. The third kappa shape index (κ3) is 3.49. The molecule has 1 amide bonds. The number of aryl methyl sites for hydroxylation is 1. The Labute approximate surface area is 185 Å². The molecule has 1 heterocycles. The smallest absolute Gasteiger partial charge is 0.235 e. The highest BCUT2D eigenvalue weighted by Gasteiger charge is 2.51. The van der Waals surface area contributed by atoms with Gasteiger partial charge in [0.1, 0.15) is 5.75 Å². The van der Waals surface area contributed by atoms with Crippen molar-refractivity contribution in [3.63, 3.8) is 0 Å². The second-order valence-electron chi connectivity index (χ2n) is 7.98. The highest BCUT2D eigenvalue weighted by Crippen LogP contribution is 2.51. The van der Waals surface area contributed by atoms with E-state index >= 15 is 0 Å². The number of carbonyl (C=O) groups is 1. The second-order valence-corrected chi connectivity index (χ2v) is 8.42. The topological polar surface area (TPSA) is 56.8 Å². The molecular formula is C25H22ClNO4. The summed E-state index contributed by atoms with van der Waals surface area (Å²) in [7, 11) is 1.63. The predicted octanol–water partition coefficient (Wildman–Crippen LogP) is 5.72. The highest BCUT2D eigenvalue weighted by atomic mass is 35.5. The van der Waals surface area contributed by atoms with Crippen molar-refractivity contribution in [2.45, 2.75) is 25.2 Å². The first-order chi connectivity index (χ1) is 15.0. The predicted molar refractivity (Wildman–Crippen MR) is 120 cm³/mol. The number of fused-ring (bicyclic) bond motifs is 1. The lowest BCUT2D eigenvalue weighted by atomic mass is 9.94. The van der Waals surface area contributed by atoms with Gasteiger partial charge in [-0.25, -0.2) is 0 Å². The molecule has 0 bridgehead atoms. The van der Waals surface area contributed by atoms with Gasteiger partial charge in [-0.1, -0.05) is 23.7 Å². The van der Waals surface area contributed by atoms with Crippen molar-refractivity contribution >= 4 is 23.2 Å². The van der Waals surface area contributed by atoms with E-state index in [9.17, 15) is 4.79 Å². The summed E-state index contributed by atoms with van der Waals surface area (Å²) >= 11 is 6.23. The lowest BCUT2D eigenvalue weighted by Crippen LogP contribution is -2.27. The Morgan fingerprint density at radius 3 is 2.58 bits per heavy atom. The van der Waals surface area contributed by atoms with Crippen molar-refractivity contribution in [1.82, 2.24) is 0 Å². The molecule has 3 aromatic rings. The lowest BCUT2D eigenvalue weighted by molar-refractivity contribution is -0.118. The van der Waals surface area contributed by atoms with E-state index in [4.69, 9.17) is 25.8 Å². The minimum absolute atomic E-state index is 0.0146.